The summed E-state index contributed by atoms with van der Waals surface area (Å²) in [5, 5.41) is 11.6. The molecule has 0 heterocycles. The number of nitrogens with zero attached hydrogens (tertiary/aromatic N) is 2. The third kappa shape index (κ3) is 4.72. The molecule has 0 fully saturated rings. The number of likely N-dealkylation sites (N-methyl/N-ethyl adjacent to an activating group) is 1. The lowest BCUT2D eigenvalue weighted by atomic mass is 10.2. The number of benzene rings is 1. The molecular formula is C13H14N2O4. The summed E-state index contributed by atoms with van der Waals surface area (Å²) in [6, 6.07) is 6.11. The predicted octanol–water partition coefficient (Wildman–Crippen LogP) is 2.18. The first-order valence-corrected chi connectivity index (χ1v) is 5.45. The molecule has 0 atom stereocenters. The van der Waals surface area contributed by atoms with Crippen molar-refractivity contribution in [3.63, 3.8) is 0 Å². The number of allylic oxidation sites excluding steroid dienone is 2. The van der Waals surface area contributed by atoms with Crippen LogP contribution in [0, 0.1) is 10.1 Å². The van der Waals surface area contributed by atoms with Gasteiger partial charge in [0.05, 0.1) is 12.0 Å². The van der Waals surface area contributed by atoms with E-state index in [0.717, 1.165) is 10.6 Å². The van der Waals surface area contributed by atoms with Gasteiger partial charge in [0.2, 0.25) is 0 Å². The van der Waals surface area contributed by atoms with Gasteiger partial charge in [-0.1, -0.05) is 18.2 Å². The molecule has 0 aromatic heterocycles. The Morgan fingerprint density at radius 2 is 1.95 bits per heavy atom. The number of non-ortho nitro benzene ring substituents is 1. The summed E-state index contributed by atoms with van der Waals surface area (Å²) >= 11 is 0. The van der Waals surface area contributed by atoms with Crippen molar-refractivity contribution in [3.05, 3.63) is 58.2 Å². The minimum Gasteiger partial charge on any atom is -0.274 e. The van der Waals surface area contributed by atoms with Crippen molar-refractivity contribution in [2.45, 2.75) is 0 Å². The summed E-state index contributed by atoms with van der Waals surface area (Å²) in [5.74, 6) is -0.282. The SMILES string of the molecule is CON(C)C(=O)/C=C/C=C/c1ccc([N+](=O)[O-])cc1. The highest BCUT2D eigenvalue weighted by atomic mass is 16.7. The van der Waals surface area contributed by atoms with Gasteiger partial charge in [-0.05, 0) is 17.7 Å². The number of hydrogen-bond donors (Lipinski definition) is 0. The number of nitro benzene ring substituents is 1. The van der Waals surface area contributed by atoms with Crippen molar-refractivity contribution in [3.8, 4) is 0 Å². The highest BCUT2D eigenvalue weighted by molar-refractivity contribution is 5.86. The van der Waals surface area contributed by atoms with Crippen LogP contribution in [-0.2, 0) is 9.63 Å². The fourth-order valence-corrected chi connectivity index (χ4v) is 1.21. The molecule has 0 unspecified atom stereocenters. The first-order chi connectivity index (χ1) is 9.04. The summed E-state index contributed by atoms with van der Waals surface area (Å²) in [6.45, 7) is 0. The smallest absolute Gasteiger partial charge is 0.269 e. The van der Waals surface area contributed by atoms with E-state index < -0.39 is 4.92 Å². The van der Waals surface area contributed by atoms with Gasteiger partial charge in [-0.15, -0.1) is 0 Å². The van der Waals surface area contributed by atoms with Crippen molar-refractivity contribution < 1.29 is 14.6 Å². The molecule has 1 rings (SSSR count). The molecule has 0 radical (unpaired) electrons. The van der Waals surface area contributed by atoms with Crippen LogP contribution in [-0.4, -0.2) is 30.1 Å². The van der Waals surface area contributed by atoms with Crippen molar-refractivity contribution in [1.29, 1.82) is 0 Å². The molecule has 0 spiro atoms. The lowest BCUT2D eigenvalue weighted by Crippen LogP contribution is -2.22. The van der Waals surface area contributed by atoms with Gasteiger partial charge in [0, 0.05) is 25.3 Å². The standard InChI is InChI=1S/C13H14N2O4/c1-14(19-2)13(16)6-4-3-5-11-7-9-12(10-8-11)15(17)18/h3-10H,1-2H3/b5-3+,6-4+. The zero-order chi connectivity index (χ0) is 14.3. The minimum atomic E-state index is -0.452. The maximum atomic E-state index is 11.3. The van der Waals surface area contributed by atoms with E-state index in [1.807, 2.05) is 0 Å². The number of hydroxylamine groups is 2. The monoisotopic (exact) mass is 262 g/mol. The zero-order valence-electron chi connectivity index (χ0n) is 10.6. The molecule has 6 heteroatoms. The number of nitro groups is 1. The molecule has 0 saturated heterocycles. The van der Waals surface area contributed by atoms with Crippen LogP contribution in [0.15, 0.2) is 42.5 Å². The Morgan fingerprint density at radius 1 is 1.32 bits per heavy atom. The van der Waals surface area contributed by atoms with E-state index >= 15 is 0 Å². The van der Waals surface area contributed by atoms with Crippen molar-refractivity contribution in [1.82, 2.24) is 5.06 Å². The van der Waals surface area contributed by atoms with Crippen LogP contribution in [0.2, 0.25) is 0 Å². The summed E-state index contributed by atoms with van der Waals surface area (Å²) in [6.07, 6.45) is 6.33. The topological polar surface area (TPSA) is 72.7 Å². The normalized spacial score (nSPS) is 11.1. The molecule has 1 amide bonds. The Kier molecular flexibility index (Phi) is 5.43. The molecule has 1 aromatic rings. The predicted molar refractivity (Wildman–Crippen MR) is 71.0 cm³/mol. The van der Waals surface area contributed by atoms with Gasteiger partial charge in [-0.3, -0.25) is 19.7 Å². The van der Waals surface area contributed by atoms with Crippen LogP contribution in [0.5, 0.6) is 0 Å². The molecular weight excluding hydrogens is 248 g/mol. The van der Waals surface area contributed by atoms with Crippen LogP contribution in [0.1, 0.15) is 5.56 Å². The molecule has 0 N–H and O–H groups in total. The second-order valence-corrected chi connectivity index (χ2v) is 3.59. The number of rotatable bonds is 5. The average molecular weight is 262 g/mol. The van der Waals surface area contributed by atoms with Crippen LogP contribution in [0.3, 0.4) is 0 Å². The van der Waals surface area contributed by atoms with Crippen LogP contribution in [0.4, 0.5) is 5.69 Å². The van der Waals surface area contributed by atoms with Crippen LogP contribution in [0.25, 0.3) is 6.08 Å². The van der Waals surface area contributed by atoms with E-state index in [-0.39, 0.29) is 11.6 Å². The summed E-state index contributed by atoms with van der Waals surface area (Å²) in [5.41, 5.74) is 0.854. The van der Waals surface area contributed by atoms with E-state index in [2.05, 4.69) is 0 Å². The van der Waals surface area contributed by atoms with Crippen molar-refractivity contribution >= 4 is 17.7 Å². The molecule has 1 aromatic carbocycles. The van der Waals surface area contributed by atoms with E-state index in [1.54, 1.807) is 30.4 Å². The fraction of sp³-hybridized carbons (Fsp3) is 0.154. The number of carbonyl (C=O) groups is 1. The molecule has 100 valence electrons. The van der Waals surface area contributed by atoms with Gasteiger partial charge in [-0.2, -0.15) is 0 Å². The van der Waals surface area contributed by atoms with Gasteiger partial charge in [0.25, 0.3) is 11.6 Å². The number of carbonyl (C=O) groups excluding carboxylic acids is 1. The Bertz CT molecular complexity index is 506. The van der Waals surface area contributed by atoms with E-state index in [4.69, 9.17) is 4.84 Å². The summed E-state index contributed by atoms with van der Waals surface area (Å²) in [7, 11) is 2.91. The van der Waals surface area contributed by atoms with Gasteiger partial charge >= 0.3 is 0 Å². The quantitative estimate of drug-likeness (QED) is 0.353. The Hall–Kier alpha value is -2.47. The van der Waals surface area contributed by atoms with E-state index in [1.165, 1.54) is 32.4 Å². The summed E-state index contributed by atoms with van der Waals surface area (Å²) < 4.78 is 0. The van der Waals surface area contributed by atoms with Gasteiger partial charge in [0.1, 0.15) is 0 Å². The third-order valence-electron chi connectivity index (χ3n) is 2.33. The van der Waals surface area contributed by atoms with Gasteiger partial charge in [0.15, 0.2) is 0 Å². The number of amides is 1. The van der Waals surface area contributed by atoms with E-state index in [9.17, 15) is 14.9 Å². The maximum absolute atomic E-state index is 11.3. The Balaban J connectivity index is 2.60. The molecule has 0 aliphatic rings. The molecule has 0 saturated carbocycles. The maximum Gasteiger partial charge on any atom is 0.269 e. The Labute approximate surface area is 110 Å². The fourth-order valence-electron chi connectivity index (χ4n) is 1.21. The zero-order valence-corrected chi connectivity index (χ0v) is 10.6. The third-order valence-corrected chi connectivity index (χ3v) is 2.33. The highest BCUT2D eigenvalue weighted by Crippen LogP contribution is 2.12. The molecule has 0 aliphatic carbocycles. The van der Waals surface area contributed by atoms with Crippen molar-refractivity contribution in [2.75, 3.05) is 14.2 Å². The van der Waals surface area contributed by atoms with Gasteiger partial charge < -0.3 is 0 Å². The molecule has 19 heavy (non-hydrogen) atoms. The second-order valence-electron chi connectivity index (χ2n) is 3.59. The molecule has 0 bridgehead atoms. The minimum absolute atomic E-state index is 0.0459. The van der Waals surface area contributed by atoms with Gasteiger partial charge in [-0.25, -0.2) is 5.06 Å². The lowest BCUT2D eigenvalue weighted by molar-refractivity contribution is -0.384. The lowest BCUT2D eigenvalue weighted by Gasteiger charge is -2.09. The Morgan fingerprint density at radius 3 is 2.47 bits per heavy atom. The highest BCUT2D eigenvalue weighted by Gasteiger charge is 2.02. The van der Waals surface area contributed by atoms with Crippen LogP contribution >= 0.6 is 0 Å². The first kappa shape index (κ1) is 14.6. The average Bonchev–Trinajstić information content (AvgIpc) is 2.42. The molecule has 6 nitrogen and oxygen atoms in total. The van der Waals surface area contributed by atoms with E-state index in [0.29, 0.717) is 0 Å². The first-order valence-electron chi connectivity index (χ1n) is 5.45. The second kappa shape index (κ2) is 7.07. The summed E-state index contributed by atoms with van der Waals surface area (Å²) in [4.78, 5) is 26.0. The number of hydrogen-bond acceptors (Lipinski definition) is 4. The largest absolute Gasteiger partial charge is 0.274 e. The molecule has 0 aliphatic heterocycles. The van der Waals surface area contributed by atoms with Crippen LogP contribution < -0.4 is 0 Å². The van der Waals surface area contributed by atoms with Crippen molar-refractivity contribution in [2.24, 2.45) is 0 Å².